The minimum Gasteiger partial charge on any atom is -0.335 e. The molecule has 0 unspecified atom stereocenters. The van der Waals surface area contributed by atoms with Crippen molar-refractivity contribution in [3.05, 3.63) is 34.1 Å². The lowest BCUT2D eigenvalue weighted by Gasteiger charge is -2.36. The number of benzene rings is 1. The second-order valence-electron chi connectivity index (χ2n) is 3.57. The van der Waals surface area contributed by atoms with E-state index in [2.05, 4.69) is 15.9 Å². The second kappa shape index (κ2) is 3.90. The molecule has 1 amide bonds. The molecule has 0 spiro atoms. The predicted octanol–water partition coefficient (Wildman–Crippen LogP) is 1.37. The number of rotatable bonds is 1. The lowest BCUT2D eigenvalue weighted by atomic mass is 10.1. The maximum atomic E-state index is 13.5. The van der Waals surface area contributed by atoms with Crippen molar-refractivity contribution in [3.8, 4) is 0 Å². The minimum atomic E-state index is -0.511. The number of hydrogen-bond donors (Lipinski definition) is 1. The van der Waals surface area contributed by atoms with E-state index in [9.17, 15) is 9.18 Å². The summed E-state index contributed by atoms with van der Waals surface area (Å²) >= 11 is 3.04. The molecule has 0 radical (unpaired) electrons. The van der Waals surface area contributed by atoms with Gasteiger partial charge in [-0.1, -0.05) is 6.07 Å². The summed E-state index contributed by atoms with van der Waals surface area (Å²) in [5, 5.41) is 0. The van der Waals surface area contributed by atoms with E-state index in [0.29, 0.717) is 17.6 Å². The van der Waals surface area contributed by atoms with Gasteiger partial charge in [0.2, 0.25) is 0 Å². The molecule has 1 aliphatic heterocycles. The molecule has 0 bridgehead atoms. The first-order valence-corrected chi connectivity index (χ1v) is 5.37. The topological polar surface area (TPSA) is 46.3 Å². The molecule has 3 nitrogen and oxygen atoms in total. The molecule has 2 rings (SSSR count). The van der Waals surface area contributed by atoms with Gasteiger partial charge in [-0.25, -0.2) is 4.39 Å². The first kappa shape index (κ1) is 10.6. The van der Waals surface area contributed by atoms with Crippen LogP contribution in [0.4, 0.5) is 4.39 Å². The third-order valence-corrected chi connectivity index (χ3v) is 2.99. The smallest absolute Gasteiger partial charge is 0.256 e. The van der Waals surface area contributed by atoms with Crippen LogP contribution in [0.3, 0.4) is 0 Å². The Labute approximate surface area is 95.2 Å². The molecular weight excluding hydrogens is 263 g/mol. The zero-order chi connectivity index (χ0) is 11.0. The molecule has 1 aromatic rings. The molecule has 0 aliphatic carbocycles. The summed E-state index contributed by atoms with van der Waals surface area (Å²) in [7, 11) is 0. The number of nitrogens with two attached hydrogens (primary N) is 1. The number of halogens is 2. The number of carbonyl (C=O) groups is 1. The second-order valence-corrected chi connectivity index (χ2v) is 4.43. The van der Waals surface area contributed by atoms with Crippen molar-refractivity contribution < 1.29 is 9.18 Å². The van der Waals surface area contributed by atoms with Crippen molar-refractivity contribution in [3.63, 3.8) is 0 Å². The monoisotopic (exact) mass is 272 g/mol. The number of amides is 1. The van der Waals surface area contributed by atoms with Gasteiger partial charge in [-0.3, -0.25) is 4.79 Å². The van der Waals surface area contributed by atoms with Crippen molar-refractivity contribution in [2.75, 3.05) is 13.1 Å². The van der Waals surface area contributed by atoms with Crippen LogP contribution in [0.25, 0.3) is 0 Å². The Balaban J connectivity index is 2.22. The summed E-state index contributed by atoms with van der Waals surface area (Å²) in [6, 6.07) is 4.71. The largest absolute Gasteiger partial charge is 0.335 e. The molecule has 1 heterocycles. The lowest BCUT2D eigenvalue weighted by Crippen LogP contribution is -2.57. The van der Waals surface area contributed by atoms with Crippen LogP contribution in [0.2, 0.25) is 0 Å². The van der Waals surface area contributed by atoms with Gasteiger partial charge >= 0.3 is 0 Å². The zero-order valence-electron chi connectivity index (χ0n) is 7.91. The van der Waals surface area contributed by atoms with E-state index in [4.69, 9.17) is 5.73 Å². The summed E-state index contributed by atoms with van der Waals surface area (Å²) in [6.07, 6.45) is 0. The van der Waals surface area contributed by atoms with Gasteiger partial charge in [0, 0.05) is 19.1 Å². The van der Waals surface area contributed by atoms with Crippen LogP contribution in [0.1, 0.15) is 10.4 Å². The molecular formula is C10H10BrFN2O. The molecule has 15 heavy (non-hydrogen) atoms. The fourth-order valence-electron chi connectivity index (χ4n) is 1.52. The van der Waals surface area contributed by atoms with Crippen LogP contribution in [0.5, 0.6) is 0 Å². The van der Waals surface area contributed by atoms with E-state index >= 15 is 0 Å². The van der Waals surface area contributed by atoms with Gasteiger partial charge in [0.15, 0.2) is 0 Å². The summed E-state index contributed by atoms with van der Waals surface area (Å²) in [4.78, 5) is 13.3. The van der Waals surface area contributed by atoms with E-state index in [1.165, 1.54) is 11.0 Å². The van der Waals surface area contributed by atoms with Crippen LogP contribution in [-0.2, 0) is 0 Å². The molecule has 1 saturated heterocycles. The highest BCUT2D eigenvalue weighted by atomic mass is 79.9. The normalized spacial score (nSPS) is 16.3. The average Bonchev–Trinajstić information content (AvgIpc) is 2.16. The van der Waals surface area contributed by atoms with Crippen molar-refractivity contribution in [2.45, 2.75) is 6.04 Å². The minimum absolute atomic E-state index is 0.0316. The molecule has 1 aromatic carbocycles. The van der Waals surface area contributed by atoms with Crippen LogP contribution in [-0.4, -0.2) is 29.9 Å². The van der Waals surface area contributed by atoms with E-state index in [1.54, 1.807) is 12.1 Å². The molecule has 0 atom stereocenters. The molecule has 80 valence electrons. The fraction of sp³-hybridized carbons (Fsp3) is 0.300. The molecule has 1 fully saturated rings. The van der Waals surface area contributed by atoms with Gasteiger partial charge in [0.25, 0.3) is 5.91 Å². The van der Waals surface area contributed by atoms with Gasteiger partial charge in [-0.2, -0.15) is 0 Å². The Morgan fingerprint density at radius 3 is 2.80 bits per heavy atom. The Kier molecular flexibility index (Phi) is 2.75. The standard InChI is InChI=1S/C10H10BrFN2O/c11-8-3-1-2-7(9(8)12)10(15)14-4-6(13)5-14/h1-3,6H,4-5,13H2. The first-order valence-electron chi connectivity index (χ1n) is 4.58. The Morgan fingerprint density at radius 1 is 1.53 bits per heavy atom. The summed E-state index contributed by atoms with van der Waals surface area (Å²) in [5.74, 6) is -0.807. The number of carbonyl (C=O) groups excluding carboxylic acids is 1. The van der Waals surface area contributed by atoms with Crippen LogP contribution < -0.4 is 5.73 Å². The van der Waals surface area contributed by atoms with Crippen LogP contribution >= 0.6 is 15.9 Å². The predicted molar refractivity (Wildman–Crippen MR) is 58.0 cm³/mol. The first-order chi connectivity index (χ1) is 7.09. The number of hydrogen-bond acceptors (Lipinski definition) is 2. The van der Waals surface area contributed by atoms with E-state index in [1.807, 2.05) is 0 Å². The summed E-state index contributed by atoms with van der Waals surface area (Å²) < 4.78 is 13.8. The summed E-state index contributed by atoms with van der Waals surface area (Å²) in [5.41, 5.74) is 5.65. The van der Waals surface area contributed by atoms with Gasteiger partial charge in [0.05, 0.1) is 10.0 Å². The summed E-state index contributed by atoms with van der Waals surface area (Å²) in [6.45, 7) is 1.01. The number of nitrogens with zero attached hydrogens (tertiary/aromatic N) is 1. The highest BCUT2D eigenvalue weighted by Gasteiger charge is 2.29. The molecule has 1 aliphatic rings. The van der Waals surface area contributed by atoms with Crippen molar-refractivity contribution >= 4 is 21.8 Å². The Morgan fingerprint density at radius 2 is 2.20 bits per heavy atom. The Bertz CT molecular complexity index is 404. The molecule has 2 N–H and O–H groups in total. The van der Waals surface area contributed by atoms with Gasteiger partial charge in [0.1, 0.15) is 5.82 Å². The Hall–Kier alpha value is -0.940. The quantitative estimate of drug-likeness (QED) is 0.840. The molecule has 0 saturated carbocycles. The third kappa shape index (κ3) is 1.89. The van der Waals surface area contributed by atoms with Gasteiger partial charge in [-0.05, 0) is 28.1 Å². The van der Waals surface area contributed by atoms with Gasteiger partial charge < -0.3 is 10.6 Å². The van der Waals surface area contributed by atoms with Crippen molar-refractivity contribution in [1.82, 2.24) is 4.90 Å². The maximum absolute atomic E-state index is 13.5. The number of likely N-dealkylation sites (tertiary alicyclic amines) is 1. The average molecular weight is 273 g/mol. The van der Waals surface area contributed by atoms with Gasteiger partial charge in [-0.15, -0.1) is 0 Å². The van der Waals surface area contributed by atoms with Crippen molar-refractivity contribution in [1.29, 1.82) is 0 Å². The molecule has 5 heteroatoms. The maximum Gasteiger partial charge on any atom is 0.256 e. The highest BCUT2D eigenvalue weighted by Crippen LogP contribution is 2.21. The van der Waals surface area contributed by atoms with E-state index < -0.39 is 5.82 Å². The van der Waals surface area contributed by atoms with E-state index in [0.717, 1.165) is 0 Å². The van der Waals surface area contributed by atoms with Crippen molar-refractivity contribution in [2.24, 2.45) is 5.73 Å². The fourth-order valence-corrected chi connectivity index (χ4v) is 1.88. The highest BCUT2D eigenvalue weighted by molar-refractivity contribution is 9.10. The lowest BCUT2D eigenvalue weighted by molar-refractivity contribution is 0.0603. The van der Waals surface area contributed by atoms with E-state index in [-0.39, 0.29) is 17.5 Å². The third-order valence-electron chi connectivity index (χ3n) is 2.38. The zero-order valence-corrected chi connectivity index (χ0v) is 9.50. The van der Waals surface area contributed by atoms with Crippen LogP contribution in [0, 0.1) is 5.82 Å². The molecule has 0 aromatic heterocycles. The van der Waals surface area contributed by atoms with Crippen LogP contribution in [0.15, 0.2) is 22.7 Å². The SMILES string of the molecule is NC1CN(C(=O)c2cccc(Br)c2F)C1.